The molecule has 2 aliphatic rings. The molecular formula is C27H21BrN6O4S2. The number of allylic oxidation sites excluding steroid dienone is 3. The molecule has 1 aliphatic heterocycles. The molecule has 202 valence electrons. The Morgan fingerprint density at radius 2 is 1.95 bits per heavy atom. The van der Waals surface area contributed by atoms with Crippen LogP contribution in [-0.2, 0) is 9.59 Å². The van der Waals surface area contributed by atoms with Gasteiger partial charge in [0.25, 0.3) is 0 Å². The number of nitrogens with two attached hydrogens (primary N) is 1. The lowest BCUT2D eigenvalue weighted by molar-refractivity contribution is -0.116. The predicted molar refractivity (Wildman–Crippen MR) is 155 cm³/mol. The van der Waals surface area contributed by atoms with Crippen molar-refractivity contribution < 1.29 is 19.5 Å². The first-order chi connectivity index (χ1) is 19.3. The van der Waals surface area contributed by atoms with E-state index in [2.05, 4.69) is 37.5 Å². The number of Topliss-reactive ketones (excluding diaryl/α,β-unsaturated/α-hetero) is 1. The minimum atomic E-state index is -1.05. The number of aromatic carboxylic acids is 1. The molecule has 0 saturated heterocycles. The van der Waals surface area contributed by atoms with Crippen LogP contribution in [0.4, 0.5) is 10.8 Å². The molecule has 0 fully saturated rings. The molecule has 1 aliphatic carbocycles. The Labute approximate surface area is 245 Å². The van der Waals surface area contributed by atoms with Crippen molar-refractivity contribution in [1.82, 2.24) is 10.2 Å². The average Bonchev–Trinajstić information content (AvgIpc) is 3.40. The summed E-state index contributed by atoms with van der Waals surface area (Å²) in [6.07, 6.45) is 1.63. The van der Waals surface area contributed by atoms with Crippen LogP contribution >= 0.6 is 39.0 Å². The first kappa shape index (κ1) is 27.6. The number of aromatic nitrogens is 2. The molecule has 0 radical (unpaired) electrons. The number of benzene rings is 2. The zero-order valence-corrected chi connectivity index (χ0v) is 24.0. The fourth-order valence-electron chi connectivity index (χ4n) is 4.70. The fourth-order valence-corrected chi connectivity index (χ4v) is 6.89. The number of nitrogens with one attached hydrogen (secondary N) is 1. The normalized spacial score (nSPS) is 16.9. The van der Waals surface area contributed by atoms with Gasteiger partial charge in [-0.25, -0.2) is 4.79 Å². The van der Waals surface area contributed by atoms with E-state index in [9.17, 15) is 19.6 Å². The maximum Gasteiger partial charge on any atom is 0.335 e. The van der Waals surface area contributed by atoms with Crippen LogP contribution in [0.2, 0.25) is 0 Å². The lowest BCUT2D eigenvalue weighted by atomic mass is 9.76. The molecule has 2 heterocycles. The van der Waals surface area contributed by atoms with Crippen LogP contribution in [0.3, 0.4) is 0 Å². The molecule has 0 saturated carbocycles. The fraction of sp³-hybridized carbons (Fsp3) is 0.185. The van der Waals surface area contributed by atoms with E-state index in [0.717, 1.165) is 10.0 Å². The number of carboxylic acids is 1. The van der Waals surface area contributed by atoms with Gasteiger partial charge in [0.1, 0.15) is 5.82 Å². The smallest absolute Gasteiger partial charge is 0.335 e. The Kier molecular flexibility index (Phi) is 8.02. The Bertz CT molecular complexity index is 1630. The van der Waals surface area contributed by atoms with E-state index in [1.165, 1.54) is 47.4 Å². The minimum absolute atomic E-state index is 0.0283. The van der Waals surface area contributed by atoms with E-state index in [4.69, 9.17) is 10.8 Å². The Morgan fingerprint density at radius 1 is 1.20 bits per heavy atom. The van der Waals surface area contributed by atoms with Gasteiger partial charge in [0.05, 0.1) is 28.9 Å². The second kappa shape index (κ2) is 11.6. The molecule has 4 N–H and O–H groups in total. The Balaban J connectivity index is 1.38. The van der Waals surface area contributed by atoms with E-state index in [-0.39, 0.29) is 34.4 Å². The maximum atomic E-state index is 13.3. The Morgan fingerprint density at radius 3 is 2.65 bits per heavy atom. The van der Waals surface area contributed by atoms with Crippen LogP contribution in [0.1, 0.15) is 41.1 Å². The summed E-state index contributed by atoms with van der Waals surface area (Å²) in [5, 5.41) is 30.8. The van der Waals surface area contributed by atoms with Crippen molar-refractivity contribution in [3.05, 3.63) is 86.8 Å². The predicted octanol–water partition coefficient (Wildman–Crippen LogP) is 5.03. The molecule has 1 aromatic heterocycles. The number of amides is 1. The van der Waals surface area contributed by atoms with Gasteiger partial charge in [-0.2, -0.15) is 5.26 Å². The van der Waals surface area contributed by atoms with Crippen LogP contribution in [0.5, 0.6) is 0 Å². The molecule has 10 nitrogen and oxygen atoms in total. The van der Waals surface area contributed by atoms with Gasteiger partial charge < -0.3 is 16.2 Å². The SMILES string of the molecule is N#CC1=C(N)N(c2nnc(SCC(=O)Nc3ccc(C(=O)O)cc3)s2)C2=C(C(=O)CCC2)C1c1ccccc1Br. The largest absolute Gasteiger partial charge is 0.478 e. The van der Waals surface area contributed by atoms with Crippen molar-refractivity contribution >= 4 is 67.5 Å². The van der Waals surface area contributed by atoms with E-state index < -0.39 is 11.9 Å². The second-order valence-corrected chi connectivity index (χ2v) is 11.9. The summed E-state index contributed by atoms with van der Waals surface area (Å²) < 4.78 is 1.29. The van der Waals surface area contributed by atoms with Gasteiger partial charge in [0, 0.05) is 27.9 Å². The number of carbonyl (C=O) groups is 3. The highest BCUT2D eigenvalue weighted by molar-refractivity contribution is 9.10. The summed E-state index contributed by atoms with van der Waals surface area (Å²) in [6.45, 7) is 0. The van der Waals surface area contributed by atoms with Crippen LogP contribution in [-0.4, -0.2) is 38.7 Å². The second-order valence-electron chi connectivity index (χ2n) is 8.91. The standard InChI is InChI=1S/C27H21BrN6O4S2/c28-18-5-2-1-4-16(18)22-17(12-29)24(30)34(19-6-3-7-20(35)23(19)22)26-32-33-27(40-26)39-13-21(36)31-15-10-8-14(9-11-15)25(37)38/h1-2,4-5,8-11,22H,3,6-7,13,30H2,(H,31,36)(H,37,38). The van der Waals surface area contributed by atoms with Crippen LogP contribution in [0.15, 0.2) is 80.0 Å². The third-order valence-corrected chi connectivity index (χ3v) is 9.22. The van der Waals surface area contributed by atoms with E-state index >= 15 is 0 Å². The summed E-state index contributed by atoms with van der Waals surface area (Å²) >= 11 is 5.96. The summed E-state index contributed by atoms with van der Waals surface area (Å²) in [5.74, 6) is -1.72. The molecule has 40 heavy (non-hydrogen) atoms. The number of hydrogen-bond donors (Lipinski definition) is 3. The van der Waals surface area contributed by atoms with Gasteiger partial charge in [-0.1, -0.05) is 57.2 Å². The third-order valence-electron chi connectivity index (χ3n) is 6.46. The number of carbonyl (C=O) groups excluding carboxylic acids is 2. The number of rotatable bonds is 7. The van der Waals surface area contributed by atoms with Gasteiger partial charge in [-0.05, 0) is 48.7 Å². The molecule has 0 spiro atoms. The molecule has 0 bridgehead atoms. The minimum Gasteiger partial charge on any atom is -0.478 e. The first-order valence-corrected chi connectivity index (χ1v) is 14.7. The molecule has 1 unspecified atom stereocenters. The van der Waals surface area contributed by atoms with Gasteiger partial charge in [-0.15, -0.1) is 10.2 Å². The van der Waals surface area contributed by atoms with Crippen molar-refractivity contribution in [3.63, 3.8) is 0 Å². The van der Waals surface area contributed by atoms with Crippen LogP contribution in [0.25, 0.3) is 0 Å². The topological polar surface area (TPSA) is 162 Å². The van der Waals surface area contributed by atoms with Gasteiger partial charge >= 0.3 is 5.97 Å². The molecular weight excluding hydrogens is 616 g/mol. The molecule has 13 heteroatoms. The highest BCUT2D eigenvalue weighted by Crippen LogP contribution is 2.48. The monoisotopic (exact) mass is 636 g/mol. The number of hydrogen-bond acceptors (Lipinski definition) is 10. The number of halogens is 1. The zero-order valence-electron chi connectivity index (χ0n) is 20.8. The zero-order chi connectivity index (χ0) is 28.4. The van der Waals surface area contributed by atoms with Crippen LogP contribution in [0, 0.1) is 11.3 Å². The lowest BCUT2D eigenvalue weighted by Crippen LogP contribution is -2.38. The number of carboxylic acid groups (broad SMARTS) is 1. The summed E-state index contributed by atoms with van der Waals surface area (Å²) in [5.41, 5.74) is 9.51. The maximum absolute atomic E-state index is 13.3. The van der Waals surface area contributed by atoms with Crippen molar-refractivity contribution in [3.8, 4) is 6.07 Å². The molecule has 5 rings (SSSR count). The van der Waals surface area contributed by atoms with E-state index in [1.807, 2.05) is 24.3 Å². The highest BCUT2D eigenvalue weighted by Gasteiger charge is 2.41. The number of ketones is 1. The summed E-state index contributed by atoms with van der Waals surface area (Å²) in [7, 11) is 0. The van der Waals surface area contributed by atoms with Gasteiger partial charge in [0.2, 0.25) is 11.0 Å². The molecule has 2 aromatic carbocycles. The third kappa shape index (κ3) is 5.38. The van der Waals surface area contributed by atoms with Crippen LogP contribution < -0.4 is 16.0 Å². The van der Waals surface area contributed by atoms with Gasteiger partial charge in [-0.3, -0.25) is 14.5 Å². The quantitative estimate of drug-likeness (QED) is 0.300. The average molecular weight is 638 g/mol. The van der Waals surface area contributed by atoms with Crippen molar-refractivity contribution in [2.24, 2.45) is 5.73 Å². The number of nitriles is 1. The lowest BCUT2D eigenvalue weighted by Gasteiger charge is -2.38. The van der Waals surface area contributed by atoms with Crippen molar-refractivity contribution in [1.29, 1.82) is 5.26 Å². The summed E-state index contributed by atoms with van der Waals surface area (Å²) in [6, 6.07) is 15.6. The van der Waals surface area contributed by atoms with E-state index in [1.54, 1.807) is 4.90 Å². The number of anilines is 2. The van der Waals surface area contributed by atoms with Crippen molar-refractivity contribution in [2.45, 2.75) is 29.5 Å². The van der Waals surface area contributed by atoms with E-state index in [0.29, 0.717) is 45.7 Å². The Hall–Kier alpha value is -3.99. The number of thioether (sulfide) groups is 1. The molecule has 1 amide bonds. The highest BCUT2D eigenvalue weighted by atomic mass is 79.9. The van der Waals surface area contributed by atoms with Crippen molar-refractivity contribution in [2.75, 3.05) is 16.0 Å². The first-order valence-electron chi connectivity index (χ1n) is 12.1. The van der Waals surface area contributed by atoms with Gasteiger partial charge in [0.15, 0.2) is 10.1 Å². The molecule has 1 atom stereocenters. The summed E-state index contributed by atoms with van der Waals surface area (Å²) in [4.78, 5) is 38.4. The number of nitrogens with zero attached hydrogens (tertiary/aromatic N) is 4. The molecule has 3 aromatic rings.